The van der Waals surface area contributed by atoms with Gasteiger partial charge in [0.05, 0.1) is 19.3 Å². The monoisotopic (exact) mass is 332 g/mol. The highest BCUT2D eigenvalue weighted by Crippen LogP contribution is 2.82. The largest absolute Gasteiger partial charge is 0.393 e. The molecule has 5 saturated carbocycles. The molecule has 8 unspecified atom stereocenters. The van der Waals surface area contributed by atoms with Crippen LogP contribution < -0.4 is 0 Å². The summed E-state index contributed by atoms with van der Waals surface area (Å²) in [6.45, 7) is 6.53. The van der Waals surface area contributed by atoms with Crippen LogP contribution in [0.2, 0.25) is 0 Å². The molecule has 1 aliphatic heterocycles. The number of hydrogen-bond donors (Lipinski definition) is 1. The minimum absolute atomic E-state index is 0.0550. The van der Waals surface area contributed by atoms with Gasteiger partial charge in [-0.3, -0.25) is 0 Å². The molecule has 3 nitrogen and oxygen atoms in total. The van der Waals surface area contributed by atoms with Gasteiger partial charge in [0.15, 0.2) is 5.79 Å². The molecule has 0 aromatic rings. The number of ether oxygens (including phenoxy) is 2. The maximum atomic E-state index is 11.2. The summed E-state index contributed by atoms with van der Waals surface area (Å²) in [5, 5.41) is 11.2. The zero-order valence-electron chi connectivity index (χ0n) is 15.2. The summed E-state index contributed by atoms with van der Waals surface area (Å²) < 4.78 is 12.5. The summed E-state index contributed by atoms with van der Waals surface area (Å²) in [5.41, 5.74) is 0.861. The zero-order chi connectivity index (χ0) is 16.4. The maximum Gasteiger partial charge on any atom is 0.174 e. The molecule has 1 N–H and O–H groups in total. The fourth-order valence-electron chi connectivity index (χ4n) is 9.19. The second-order valence-corrected chi connectivity index (χ2v) is 10.5. The lowest BCUT2D eigenvalue weighted by atomic mass is 9.46. The van der Waals surface area contributed by atoms with Gasteiger partial charge in [-0.1, -0.05) is 13.8 Å². The van der Waals surface area contributed by atoms with E-state index in [9.17, 15) is 5.11 Å². The van der Waals surface area contributed by atoms with Crippen molar-refractivity contribution >= 4 is 0 Å². The molecule has 6 aliphatic rings. The second-order valence-electron chi connectivity index (χ2n) is 10.5. The van der Waals surface area contributed by atoms with Gasteiger partial charge in [-0.2, -0.15) is 0 Å². The van der Waals surface area contributed by atoms with Crippen molar-refractivity contribution in [2.75, 3.05) is 13.2 Å². The lowest BCUT2D eigenvalue weighted by Gasteiger charge is -2.60. The molecule has 0 amide bonds. The first-order valence-corrected chi connectivity index (χ1v) is 10.4. The Kier molecular flexibility index (Phi) is 2.64. The Bertz CT molecular complexity index is 584. The second kappa shape index (κ2) is 4.23. The summed E-state index contributed by atoms with van der Waals surface area (Å²) in [5.74, 6) is 2.71. The summed E-state index contributed by atoms with van der Waals surface area (Å²) >= 11 is 0. The number of aliphatic hydroxyl groups excluding tert-OH is 1. The molecular formula is C21H32O3. The van der Waals surface area contributed by atoms with E-state index in [1.54, 1.807) is 0 Å². The zero-order valence-corrected chi connectivity index (χ0v) is 15.2. The van der Waals surface area contributed by atoms with Gasteiger partial charge in [0.2, 0.25) is 0 Å². The van der Waals surface area contributed by atoms with E-state index in [0.717, 1.165) is 37.9 Å². The lowest BCUT2D eigenvalue weighted by molar-refractivity contribution is -0.251. The maximum absolute atomic E-state index is 11.2. The van der Waals surface area contributed by atoms with Crippen LogP contribution in [0.1, 0.15) is 65.2 Å². The third-order valence-electron chi connectivity index (χ3n) is 10.4. The summed E-state index contributed by atoms with van der Waals surface area (Å²) in [6, 6.07) is 0. The molecule has 6 rings (SSSR count). The van der Waals surface area contributed by atoms with Crippen LogP contribution in [0.5, 0.6) is 0 Å². The highest BCUT2D eigenvalue weighted by Gasteiger charge is 2.78. The quantitative estimate of drug-likeness (QED) is 0.734. The van der Waals surface area contributed by atoms with E-state index in [4.69, 9.17) is 9.47 Å². The minimum Gasteiger partial charge on any atom is -0.393 e. The topological polar surface area (TPSA) is 38.7 Å². The summed E-state index contributed by atoms with van der Waals surface area (Å²) in [6.07, 6.45) is 9.91. The molecule has 134 valence electrons. The minimum atomic E-state index is -0.304. The average Bonchev–Trinajstić information content (AvgIpc) is 2.85. The third kappa shape index (κ3) is 1.36. The predicted octanol–water partition coefficient (Wildman–Crippen LogP) is 3.74. The first kappa shape index (κ1) is 15.0. The third-order valence-corrected chi connectivity index (χ3v) is 10.4. The van der Waals surface area contributed by atoms with E-state index in [-0.39, 0.29) is 17.3 Å². The lowest BCUT2D eigenvalue weighted by Crippen LogP contribution is -2.58. The Morgan fingerprint density at radius 2 is 1.54 bits per heavy atom. The number of rotatable bonds is 0. The van der Waals surface area contributed by atoms with E-state index < -0.39 is 0 Å². The molecule has 0 aromatic heterocycles. The molecule has 3 heteroatoms. The fraction of sp³-hybridized carbons (Fsp3) is 1.00. The molecule has 1 heterocycles. The van der Waals surface area contributed by atoms with Gasteiger partial charge in [-0.25, -0.2) is 0 Å². The molecule has 0 aromatic carbocycles. The number of hydrogen-bond acceptors (Lipinski definition) is 3. The van der Waals surface area contributed by atoms with Gasteiger partial charge in [-0.05, 0) is 74.0 Å². The molecular weight excluding hydrogens is 300 g/mol. The molecule has 0 radical (unpaired) electrons. The Morgan fingerprint density at radius 3 is 2.29 bits per heavy atom. The van der Waals surface area contributed by atoms with Crippen molar-refractivity contribution in [1.29, 1.82) is 0 Å². The molecule has 1 saturated heterocycles. The van der Waals surface area contributed by atoms with Gasteiger partial charge in [-0.15, -0.1) is 0 Å². The normalized spacial score (nSPS) is 62.9. The van der Waals surface area contributed by atoms with E-state index in [1.807, 2.05) is 0 Å². The standard InChI is InChI=1S/C21H32O3/c1-18-6-3-13-12-20(13,18)17(22)11-14-15(18)4-7-19(2)16(14)5-8-21(19)23-9-10-24-21/h13-17,22H,3-12H2,1-2H3. The van der Waals surface area contributed by atoms with Crippen LogP contribution in [0, 0.1) is 39.9 Å². The first-order chi connectivity index (χ1) is 11.5. The van der Waals surface area contributed by atoms with E-state index in [2.05, 4.69) is 13.8 Å². The van der Waals surface area contributed by atoms with Gasteiger partial charge in [0.25, 0.3) is 0 Å². The van der Waals surface area contributed by atoms with Gasteiger partial charge >= 0.3 is 0 Å². The molecule has 5 aliphatic carbocycles. The van der Waals surface area contributed by atoms with Crippen molar-refractivity contribution in [2.45, 2.75) is 77.1 Å². The Hall–Kier alpha value is -0.120. The van der Waals surface area contributed by atoms with Crippen LogP contribution >= 0.6 is 0 Å². The van der Waals surface area contributed by atoms with Gasteiger partial charge in [0.1, 0.15) is 0 Å². The van der Waals surface area contributed by atoms with Crippen LogP contribution in [0.4, 0.5) is 0 Å². The number of aliphatic hydroxyl groups is 1. The molecule has 24 heavy (non-hydrogen) atoms. The number of fused-ring (bicyclic) bond motifs is 5. The Balaban J connectivity index is 1.39. The van der Waals surface area contributed by atoms with Crippen LogP contribution in [0.25, 0.3) is 0 Å². The summed E-state index contributed by atoms with van der Waals surface area (Å²) in [7, 11) is 0. The fourth-order valence-corrected chi connectivity index (χ4v) is 9.19. The molecule has 6 fully saturated rings. The van der Waals surface area contributed by atoms with Crippen LogP contribution in [0.3, 0.4) is 0 Å². The average molecular weight is 332 g/mol. The SMILES string of the molecule is CC12CCC3C(CC(O)C45CC4CCC35C)C1CCC21OCCO1. The molecule has 8 atom stereocenters. The van der Waals surface area contributed by atoms with Gasteiger partial charge in [0, 0.05) is 17.3 Å². The van der Waals surface area contributed by atoms with Crippen molar-refractivity contribution in [3.05, 3.63) is 0 Å². The van der Waals surface area contributed by atoms with Crippen molar-refractivity contribution in [3.63, 3.8) is 0 Å². The highest BCUT2D eigenvalue weighted by atomic mass is 16.7. The van der Waals surface area contributed by atoms with Crippen LogP contribution in [0.15, 0.2) is 0 Å². The molecule has 0 bridgehead atoms. The molecule has 2 spiro atoms. The van der Waals surface area contributed by atoms with E-state index in [0.29, 0.717) is 22.7 Å². The highest BCUT2D eigenvalue weighted by molar-refractivity contribution is 5.26. The van der Waals surface area contributed by atoms with Crippen molar-refractivity contribution in [3.8, 4) is 0 Å². The van der Waals surface area contributed by atoms with Gasteiger partial charge < -0.3 is 14.6 Å². The van der Waals surface area contributed by atoms with Crippen molar-refractivity contribution < 1.29 is 14.6 Å². The Morgan fingerprint density at radius 1 is 0.875 bits per heavy atom. The van der Waals surface area contributed by atoms with E-state index >= 15 is 0 Å². The van der Waals surface area contributed by atoms with Crippen molar-refractivity contribution in [1.82, 2.24) is 0 Å². The predicted molar refractivity (Wildman–Crippen MR) is 90.2 cm³/mol. The van der Waals surface area contributed by atoms with Crippen LogP contribution in [-0.2, 0) is 9.47 Å². The van der Waals surface area contributed by atoms with Crippen LogP contribution in [-0.4, -0.2) is 30.2 Å². The van der Waals surface area contributed by atoms with E-state index in [1.165, 1.54) is 38.5 Å². The smallest absolute Gasteiger partial charge is 0.174 e. The Labute approximate surface area is 145 Å². The summed E-state index contributed by atoms with van der Waals surface area (Å²) in [4.78, 5) is 0. The van der Waals surface area contributed by atoms with Crippen molar-refractivity contribution in [2.24, 2.45) is 39.9 Å². The first-order valence-electron chi connectivity index (χ1n) is 10.4.